The Balaban J connectivity index is 1.67. The van der Waals surface area contributed by atoms with Gasteiger partial charge in [-0.2, -0.15) is 26.3 Å². The van der Waals surface area contributed by atoms with Crippen LogP contribution >= 0.6 is 0 Å². The van der Waals surface area contributed by atoms with E-state index in [-0.39, 0.29) is 11.6 Å². The van der Waals surface area contributed by atoms with E-state index in [1.807, 2.05) is 13.0 Å². The molecule has 1 aliphatic rings. The number of rotatable bonds is 4. The largest absolute Gasteiger partial charge is 0.416 e. The Hall–Kier alpha value is -2.94. The number of ether oxygens (including phenoxy) is 1. The van der Waals surface area contributed by atoms with Gasteiger partial charge in [0.2, 0.25) is 0 Å². The van der Waals surface area contributed by atoms with E-state index in [1.165, 1.54) is 12.1 Å². The fourth-order valence-corrected chi connectivity index (χ4v) is 4.29. The fourth-order valence-electron chi connectivity index (χ4n) is 4.29. The Morgan fingerprint density at radius 3 is 2.12 bits per heavy atom. The molecule has 0 radical (unpaired) electrons. The maximum Gasteiger partial charge on any atom is 0.416 e. The van der Waals surface area contributed by atoms with Crippen molar-refractivity contribution < 1.29 is 35.5 Å². The molecule has 0 saturated heterocycles. The number of fused-ring (bicyclic) bond motifs is 1. The van der Waals surface area contributed by atoms with Crippen molar-refractivity contribution in [2.24, 2.45) is 0 Å². The van der Waals surface area contributed by atoms with Crippen molar-refractivity contribution in [3.63, 3.8) is 0 Å². The van der Waals surface area contributed by atoms with Crippen LogP contribution in [0.25, 0.3) is 0 Å². The van der Waals surface area contributed by atoms with Crippen LogP contribution in [0, 0.1) is 12.7 Å². The number of aromatic nitrogens is 1. The molecule has 3 aromatic rings. The molecule has 2 nitrogen and oxygen atoms in total. The van der Waals surface area contributed by atoms with Crippen molar-refractivity contribution in [1.82, 2.24) is 4.98 Å². The molecule has 1 heterocycles. The highest BCUT2D eigenvalue weighted by atomic mass is 19.4. The highest BCUT2D eigenvalue weighted by Crippen LogP contribution is 2.40. The minimum atomic E-state index is -4.93. The van der Waals surface area contributed by atoms with Crippen LogP contribution in [0.1, 0.15) is 51.4 Å². The Morgan fingerprint density at radius 2 is 1.53 bits per heavy atom. The molecule has 0 bridgehead atoms. The lowest BCUT2D eigenvalue weighted by atomic mass is 9.78. The van der Waals surface area contributed by atoms with Crippen LogP contribution in [0.4, 0.5) is 30.7 Å². The van der Waals surface area contributed by atoms with Gasteiger partial charge in [-0.05, 0) is 72.4 Å². The smallest absolute Gasteiger partial charge is 0.373 e. The van der Waals surface area contributed by atoms with E-state index in [0.29, 0.717) is 25.0 Å². The molecule has 0 amide bonds. The van der Waals surface area contributed by atoms with Gasteiger partial charge in [-0.1, -0.05) is 18.2 Å². The monoisotopic (exact) mass is 483 g/mol. The van der Waals surface area contributed by atoms with Gasteiger partial charge in [-0.25, -0.2) is 4.39 Å². The second kappa shape index (κ2) is 9.02. The molecule has 1 aromatic heterocycles. The van der Waals surface area contributed by atoms with Crippen molar-refractivity contribution in [3.05, 3.63) is 99.6 Å². The number of halogens is 7. The van der Waals surface area contributed by atoms with Crippen molar-refractivity contribution in [2.75, 3.05) is 0 Å². The summed E-state index contributed by atoms with van der Waals surface area (Å²) in [4.78, 5) is 4.46. The molecule has 0 N–H and O–H groups in total. The number of alkyl halides is 6. The molecule has 0 fully saturated rings. The topological polar surface area (TPSA) is 22.1 Å². The lowest BCUT2D eigenvalue weighted by Crippen LogP contribution is -2.30. The molecule has 0 unspecified atom stereocenters. The predicted molar refractivity (Wildman–Crippen MR) is 111 cm³/mol. The highest BCUT2D eigenvalue weighted by molar-refractivity contribution is 5.40. The normalized spacial score (nSPS) is 18.6. The van der Waals surface area contributed by atoms with Crippen LogP contribution in [-0.4, -0.2) is 11.1 Å². The summed E-state index contributed by atoms with van der Waals surface area (Å²) in [6.45, 7) is 1.42. The first-order valence-electron chi connectivity index (χ1n) is 10.5. The van der Waals surface area contributed by atoms with Gasteiger partial charge in [0.25, 0.3) is 0 Å². The lowest BCUT2D eigenvalue weighted by Gasteiger charge is -2.34. The zero-order valence-electron chi connectivity index (χ0n) is 18.0. The average molecular weight is 483 g/mol. The molecule has 1 aliphatic carbocycles. The maximum absolute atomic E-state index is 13.5. The van der Waals surface area contributed by atoms with Crippen LogP contribution in [0.5, 0.6) is 0 Å². The van der Waals surface area contributed by atoms with Gasteiger partial charge in [0.1, 0.15) is 5.82 Å². The van der Waals surface area contributed by atoms with Crippen LogP contribution in [0.3, 0.4) is 0 Å². The molecule has 34 heavy (non-hydrogen) atoms. The molecular weight excluding hydrogens is 463 g/mol. The van der Waals surface area contributed by atoms with E-state index in [1.54, 1.807) is 18.3 Å². The van der Waals surface area contributed by atoms with E-state index in [4.69, 9.17) is 4.74 Å². The Labute approximate surface area is 191 Å². The van der Waals surface area contributed by atoms with Crippen LogP contribution in [0.15, 0.2) is 54.7 Å². The molecule has 0 saturated carbocycles. The molecule has 9 heteroatoms. The molecule has 4 rings (SSSR count). The number of aryl methyl sites for hydroxylation is 2. The number of hydrogen-bond donors (Lipinski definition) is 0. The molecule has 2 aromatic carbocycles. The minimum Gasteiger partial charge on any atom is -0.373 e. The average Bonchev–Trinajstić information content (AvgIpc) is 2.76. The van der Waals surface area contributed by atoms with Gasteiger partial charge in [-0.15, -0.1) is 0 Å². The summed E-state index contributed by atoms with van der Waals surface area (Å²) in [6.07, 6.45) is -7.70. The summed E-state index contributed by atoms with van der Waals surface area (Å²) in [5.41, 5.74) is 0.294. The van der Waals surface area contributed by atoms with Crippen LogP contribution < -0.4 is 0 Å². The van der Waals surface area contributed by atoms with E-state index in [2.05, 4.69) is 4.98 Å². The molecule has 0 aliphatic heterocycles. The SMILES string of the molecule is Cc1cnc2c(c1)[C@H](c1ccc(F)cc1)[C@@H](OCc1cc(C(F)(F)F)cc(C(F)(F)F)c1)CC2. The maximum atomic E-state index is 13.5. The van der Waals surface area contributed by atoms with Gasteiger partial charge in [0.05, 0.1) is 23.8 Å². The Bertz CT molecular complexity index is 1140. The predicted octanol–water partition coefficient (Wildman–Crippen LogP) is 7.23. The zero-order valence-corrected chi connectivity index (χ0v) is 18.0. The van der Waals surface area contributed by atoms with Gasteiger partial charge in [0.15, 0.2) is 0 Å². The highest BCUT2D eigenvalue weighted by Gasteiger charge is 2.37. The second-order valence-electron chi connectivity index (χ2n) is 8.38. The number of hydrogen-bond acceptors (Lipinski definition) is 2. The number of pyridine rings is 1. The first-order chi connectivity index (χ1) is 15.9. The summed E-state index contributed by atoms with van der Waals surface area (Å²) in [5, 5.41) is 0. The van der Waals surface area contributed by atoms with Crippen molar-refractivity contribution in [3.8, 4) is 0 Å². The van der Waals surface area contributed by atoms with Gasteiger partial charge < -0.3 is 4.74 Å². The van der Waals surface area contributed by atoms with Crippen molar-refractivity contribution in [2.45, 2.75) is 50.7 Å². The number of nitrogens with zero attached hydrogens (tertiary/aromatic N) is 1. The van der Waals surface area contributed by atoms with Gasteiger partial charge >= 0.3 is 12.4 Å². The lowest BCUT2D eigenvalue weighted by molar-refractivity contribution is -0.143. The van der Waals surface area contributed by atoms with Crippen LogP contribution in [-0.2, 0) is 30.1 Å². The van der Waals surface area contributed by atoms with E-state index in [9.17, 15) is 30.7 Å². The van der Waals surface area contributed by atoms with Crippen molar-refractivity contribution >= 4 is 0 Å². The van der Waals surface area contributed by atoms with E-state index >= 15 is 0 Å². The molecular formula is C25H20F7NO. The Kier molecular flexibility index (Phi) is 6.42. The standard InChI is InChI=1S/C25H20F7NO/c1-14-8-20-21(33-12-14)6-7-22(23(20)16-2-4-19(26)5-3-16)34-13-15-9-17(24(27,28)29)11-18(10-15)25(30,31)32/h2-5,8-12,22-23H,6-7,13H2,1H3/t22-,23-/m0/s1. The third-order valence-corrected chi connectivity index (χ3v) is 5.85. The quantitative estimate of drug-likeness (QED) is 0.365. The number of benzene rings is 2. The van der Waals surface area contributed by atoms with E-state index in [0.717, 1.165) is 22.4 Å². The van der Waals surface area contributed by atoms with Crippen LogP contribution in [0.2, 0.25) is 0 Å². The van der Waals surface area contributed by atoms with Gasteiger partial charge in [-0.3, -0.25) is 4.98 Å². The summed E-state index contributed by atoms with van der Waals surface area (Å²) < 4.78 is 98.7. The van der Waals surface area contributed by atoms with Crippen molar-refractivity contribution in [1.29, 1.82) is 0 Å². The first-order valence-corrected chi connectivity index (χ1v) is 10.5. The Morgan fingerprint density at radius 1 is 0.912 bits per heavy atom. The van der Waals surface area contributed by atoms with Gasteiger partial charge in [0, 0.05) is 17.8 Å². The molecule has 180 valence electrons. The molecule has 0 spiro atoms. The summed E-state index contributed by atoms with van der Waals surface area (Å²) in [6, 6.07) is 9.15. The third-order valence-electron chi connectivity index (χ3n) is 5.85. The summed E-state index contributed by atoms with van der Waals surface area (Å²) >= 11 is 0. The second-order valence-corrected chi connectivity index (χ2v) is 8.38. The first kappa shape index (κ1) is 24.2. The third kappa shape index (κ3) is 5.24. The zero-order chi connectivity index (χ0) is 24.7. The minimum absolute atomic E-state index is 0.0934. The van der Waals surface area contributed by atoms with E-state index < -0.39 is 47.9 Å². The summed E-state index contributed by atoms with van der Waals surface area (Å²) in [7, 11) is 0. The fraction of sp³-hybridized carbons (Fsp3) is 0.320. The molecule has 2 atom stereocenters. The summed E-state index contributed by atoms with van der Waals surface area (Å²) in [5.74, 6) is -0.826.